The Morgan fingerprint density at radius 3 is 2.50 bits per heavy atom. The third-order valence-electron chi connectivity index (χ3n) is 3.30. The number of hydrogen-bond acceptors (Lipinski definition) is 8. The Balaban J connectivity index is 2.10. The maximum atomic E-state index is 13.0. The quantitative estimate of drug-likeness (QED) is 0.342. The van der Waals surface area contributed by atoms with Crippen LogP contribution in [0.5, 0.6) is 11.9 Å². The number of nitrogens with zero attached hydrogens (tertiary/aromatic N) is 4. The number of benzene rings is 1. The zero-order valence-corrected chi connectivity index (χ0v) is 19.5. The highest BCUT2D eigenvalue weighted by molar-refractivity contribution is 9.10. The summed E-state index contributed by atoms with van der Waals surface area (Å²) in [6.45, 7) is -14.1. The Kier molecular flexibility index (Phi) is 4.59. The van der Waals surface area contributed by atoms with Gasteiger partial charge in [-0.1, -0.05) is 34.9 Å². The van der Waals surface area contributed by atoms with Gasteiger partial charge in [-0.15, -0.1) is 0 Å². The maximum Gasteiger partial charge on any atom is 0.316 e. The summed E-state index contributed by atoms with van der Waals surface area (Å²) in [4.78, 5) is 14.8. The van der Waals surface area contributed by atoms with Gasteiger partial charge in [0.15, 0.2) is 5.82 Å². The van der Waals surface area contributed by atoms with Crippen LogP contribution in [-0.2, 0) is 10.2 Å². The van der Waals surface area contributed by atoms with E-state index >= 15 is 0 Å². The van der Waals surface area contributed by atoms with Gasteiger partial charge in [-0.2, -0.15) is 13.1 Å². The molecule has 0 amide bonds. The summed E-state index contributed by atoms with van der Waals surface area (Å²) >= 11 is 6.30. The molecule has 0 radical (unpaired) electrons. The molecule has 0 atom stereocenters. The second kappa shape index (κ2) is 11.5. The van der Waals surface area contributed by atoms with Crippen molar-refractivity contribution in [1.29, 1.82) is 0 Å². The topological polar surface area (TPSA) is 128 Å². The van der Waals surface area contributed by atoms with E-state index in [4.69, 9.17) is 25.9 Å². The lowest BCUT2D eigenvalue weighted by Crippen LogP contribution is -2.31. The fourth-order valence-electron chi connectivity index (χ4n) is 2.09. The Hall–Kier alpha value is -2.35. The van der Waals surface area contributed by atoms with Crippen LogP contribution in [-0.4, -0.2) is 48.0 Å². The lowest BCUT2D eigenvalue weighted by Gasteiger charge is -2.15. The molecule has 0 aliphatic carbocycles. The van der Waals surface area contributed by atoms with Crippen LogP contribution in [0.15, 0.2) is 51.9 Å². The molecule has 0 unspecified atom stereocenters. The fraction of sp³-hybridized carbons (Fsp3) is 0.263. The number of aromatic nitrogens is 4. The van der Waals surface area contributed by atoms with E-state index in [0.29, 0.717) is 8.95 Å². The monoisotopic (exact) mass is 598 g/mol. The first-order valence-corrected chi connectivity index (χ1v) is 11.3. The number of halogens is 2. The van der Waals surface area contributed by atoms with Gasteiger partial charge in [0.05, 0.1) is 15.5 Å². The van der Waals surface area contributed by atoms with Crippen molar-refractivity contribution < 1.29 is 34.3 Å². The van der Waals surface area contributed by atoms with Crippen molar-refractivity contribution >= 4 is 47.9 Å². The highest BCUT2D eigenvalue weighted by Gasteiger charge is 2.19. The fourth-order valence-corrected chi connectivity index (χ4v) is 3.20. The number of anilines is 1. The Morgan fingerprint density at radius 2 is 1.78 bits per heavy atom. The summed E-state index contributed by atoms with van der Waals surface area (Å²) in [7, 11) is -5.24. The predicted octanol–water partition coefficient (Wildman–Crippen LogP) is 3.57. The summed E-state index contributed by atoms with van der Waals surface area (Å²) in [5.41, 5.74) is -0.451. The molecule has 13 heteroatoms. The number of hydrogen-bond donors (Lipinski definition) is 2. The molecule has 32 heavy (non-hydrogen) atoms. The Bertz CT molecular complexity index is 1610. The van der Waals surface area contributed by atoms with Gasteiger partial charge in [0.2, 0.25) is 5.88 Å². The summed E-state index contributed by atoms with van der Waals surface area (Å²) in [5, 5.41) is 0. The molecule has 0 saturated heterocycles. The Labute approximate surface area is 219 Å². The van der Waals surface area contributed by atoms with Crippen LogP contribution in [0.3, 0.4) is 0 Å². The van der Waals surface area contributed by atoms with Crippen LogP contribution in [0.2, 0.25) is 0 Å². The first-order valence-electron chi connectivity index (χ1n) is 14.2. The molecular formula is C19H20Br2N6O4S. The van der Waals surface area contributed by atoms with Crippen LogP contribution in [0, 0.1) is 0 Å². The van der Waals surface area contributed by atoms with E-state index in [-0.39, 0.29) is 5.56 Å². The minimum Gasteiger partial charge on any atom is -0.473 e. The first-order chi connectivity index (χ1) is 19.9. The lowest BCUT2D eigenvalue weighted by atomic mass is 10.1. The third-order valence-corrected chi connectivity index (χ3v) is 5.08. The standard InChI is InChI=1S/C19H20Br2N6O4S/c1-2-7-26-32(28,29)27-17-16(13-3-5-14(20)6-4-13)18(25-12-24-17)30-8-9-31-19-22-10-15(21)11-23-19/h3-6,10-12,26H,2,7-9H2,1H3,(H,24,25,27)/i1D3,2D2,7D2,8D2,9D2,12D. The van der Waals surface area contributed by atoms with E-state index in [1.807, 2.05) is 0 Å². The van der Waals surface area contributed by atoms with Gasteiger partial charge < -0.3 is 9.47 Å². The molecule has 3 rings (SSSR count). The third kappa shape index (κ3) is 7.08. The van der Waals surface area contributed by atoms with Crippen molar-refractivity contribution in [3.8, 4) is 23.0 Å². The molecule has 0 aliphatic heterocycles. The van der Waals surface area contributed by atoms with Crippen LogP contribution >= 0.6 is 31.9 Å². The lowest BCUT2D eigenvalue weighted by molar-refractivity contribution is 0.202. The average molecular weight is 600 g/mol. The van der Waals surface area contributed by atoms with E-state index in [0.717, 1.165) is 0 Å². The van der Waals surface area contributed by atoms with Crippen molar-refractivity contribution in [2.45, 2.75) is 13.2 Å². The molecule has 2 heterocycles. The summed E-state index contributed by atoms with van der Waals surface area (Å²) < 4.78 is 134. The second-order valence-electron chi connectivity index (χ2n) is 5.41. The molecular weight excluding hydrogens is 568 g/mol. The molecule has 2 aromatic heterocycles. The van der Waals surface area contributed by atoms with Gasteiger partial charge >= 0.3 is 6.01 Å². The minimum atomic E-state index is -5.24. The highest BCUT2D eigenvalue weighted by Crippen LogP contribution is 2.34. The van der Waals surface area contributed by atoms with Crippen molar-refractivity contribution in [2.75, 3.05) is 24.3 Å². The largest absolute Gasteiger partial charge is 0.473 e. The van der Waals surface area contributed by atoms with Gasteiger partial charge in [0, 0.05) is 33.0 Å². The summed E-state index contributed by atoms with van der Waals surface area (Å²) in [6, 6.07) is 5.07. The Morgan fingerprint density at radius 1 is 1.06 bits per heavy atom. The number of nitrogens with one attached hydrogen (secondary N) is 2. The molecule has 1 aromatic carbocycles. The summed E-state index contributed by atoms with van der Waals surface area (Å²) in [5.74, 6) is -1.70. The maximum absolute atomic E-state index is 13.0. The van der Waals surface area contributed by atoms with Gasteiger partial charge in [-0.3, -0.25) is 4.72 Å². The molecule has 10 nitrogen and oxygen atoms in total. The van der Waals surface area contributed by atoms with Crippen molar-refractivity contribution in [1.82, 2.24) is 24.7 Å². The number of rotatable bonds is 11. The molecule has 170 valence electrons. The van der Waals surface area contributed by atoms with E-state index in [1.165, 1.54) is 41.4 Å². The normalized spacial score (nSPS) is 18.9. The molecule has 0 saturated carbocycles. The highest BCUT2D eigenvalue weighted by atomic mass is 79.9. The van der Waals surface area contributed by atoms with E-state index in [1.54, 1.807) is 4.72 Å². The van der Waals surface area contributed by atoms with Crippen molar-refractivity contribution in [3.05, 3.63) is 51.9 Å². The van der Waals surface area contributed by atoms with Crippen molar-refractivity contribution in [3.63, 3.8) is 0 Å². The molecule has 3 aromatic rings. The van der Waals surface area contributed by atoms with Gasteiger partial charge in [0.25, 0.3) is 10.2 Å². The minimum absolute atomic E-state index is 0.0234. The smallest absolute Gasteiger partial charge is 0.316 e. The van der Waals surface area contributed by atoms with E-state index < -0.39 is 72.6 Å². The van der Waals surface area contributed by atoms with Gasteiger partial charge in [-0.05, 0) is 40.0 Å². The van der Waals surface area contributed by atoms with Crippen LogP contribution in [0.25, 0.3) is 11.1 Å². The molecule has 0 aliphatic rings. The second-order valence-corrected chi connectivity index (χ2v) is 8.66. The number of ether oxygens (including phenoxy) is 2. The molecule has 0 bridgehead atoms. The van der Waals surface area contributed by atoms with Crippen LogP contribution in [0.1, 0.15) is 29.7 Å². The molecule has 0 fully saturated rings. The van der Waals surface area contributed by atoms with Crippen LogP contribution in [0.4, 0.5) is 5.82 Å². The van der Waals surface area contributed by atoms with Gasteiger partial charge in [-0.25, -0.2) is 19.9 Å². The van der Waals surface area contributed by atoms with Crippen LogP contribution < -0.4 is 18.9 Å². The predicted molar refractivity (Wildman–Crippen MR) is 127 cm³/mol. The average Bonchev–Trinajstić information content (AvgIpc) is 2.84. The zero-order chi connectivity index (χ0) is 33.5. The summed E-state index contributed by atoms with van der Waals surface area (Å²) in [6.07, 6.45) is -2.29. The molecule has 2 N–H and O–H groups in total. The van der Waals surface area contributed by atoms with E-state index in [9.17, 15) is 8.42 Å². The first kappa shape index (κ1) is 12.8. The SMILES string of the molecule is [2H]c1nc(NS(=O)(=O)NC([2H])([2H])C([2H])([2H])C([2H])([2H])[2H])c(-c2ccc(Br)cc2)c(OC([2H])([2H])C([2H])([2H])Oc2ncc(Br)cn2)n1. The molecule has 0 spiro atoms. The van der Waals surface area contributed by atoms with E-state index in [2.05, 4.69) is 51.8 Å². The van der Waals surface area contributed by atoms with Gasteiger partial charge in [0.1, 0.15) is 20.8 Å². The zero-order valence-electron chi connectivity index (χ0n) is 27.6. The van der Waals surface area contributed by atoms with Crippen molar-refractivity contribution in [2.24, 2.45) is 0 Å².